The van der Waals surface area contributed by atoms with Crippen LogP contribution in [-0.4, -0.2) is 22.1 Å². The number of methoxy groups -OCH3 is 1. The van der Waals surface area contributed by atoms with E-state index >= 15 is 0 Å². The molecule has 0 fully saturated rings. The molecule has 1 aliphatic rings. The van der Waals surface area contributed by atoms with Crippen LogP contribution in [0.25, 0.3) is 0 Å². The molecule has 2 aromatic carbocycles. The lowest BCUT2D eigenvalue weighted by atomic mass is 10.0. The molecule has 128 valence electrons. The second-order valence-corrected chi connectivity index (χ2v) is 7.33. The highest BCUT2D eigenvalue weighted by Gasteiger charge is 2.29. The first-order chi connectivity index (χ1) is 11.4. The molecule has 0 spiro atoms. The van der Waals surface area contributed by atoms with Crippen LogP contribution in [0.15, 0.2) is 41.3 Å². The van der Waals surface area contributed by atoms with Crippen molar-refractivity contribution in [1.29, 1.82) is 0 Å². The summed E-state index contributed by atoms with van der Waals surface area (Å²) < 4.78 is 52.4. The Labute approximate surface area is 140 Å². The van der Waals surface area contributed by atoms with E-state index in [1.54, 1.807) is 25.1 Å². The lowest BCUT2D eigenvalue weighted by Crippen LogP contribution is -2.32. The summed E-state index contributed by atoms with van der Waals surface area (Å²) in [6.45, 7) is 2.16. The number of nitrogens with one attached hydrogen (secondary N) is 1. The Kier molecular flexibility index (Phi) is 4.47. The molecular formula is C17H18FNO4S. The molecule has 7 heteroatoms. The molecule has 0 saturated heterocycles. The third kappa shape index (κ3) is 3.22. The number of benzene rings is 2. The molecule has 1 unspecified atom stereocenters. The molecular weight excluding hydrogens is 333 g/mol. The van der Waals surface area contributed by atoms with E-state index < -0.39 is 21.9 Å². The molecule has 2 aromatic rings. The van der Waals surface area contributed by atoms with Crippen LogP contribution in [0.1, 0.15) is 23.6 Å². The highest BCUT2D eigenvalue weighted by Crippen LogP contribution is 2.34. The van der Waals surface area contributed by atoms with Gasteiger partial charge in [0.1, 0.15) is 22.2 Å². The van der Waals surface area contributed by atoms with E-state index in [1.807, 2.05) is 0 Å². The van der Waals surface area contributed by atoms with Crippen LogP contribution < -0.4 is 14.2 Å². The summed E-state index contributed by atoms with van der Waals surface area (Å²) in [4.78, 5) is 0.0643. The highest BCUT2D eigenvalue weighted by atomic mass is 32.2. The molecule has 0 aliphatic carbocycles. The van der Waals surface area contributed by atoms with Gasteiger partial charge in [-0.15, -0.1) is 0 Å². The first-order valence-corrected chi connectivity index (χ1v) is 8.98. The monoisotopic (exact) mass is 351 g/mol. The van der Waals surface area contributed by atoms with Crippen LogP contribution in [-0.2, 0) is 10.0 Å². The minimum Gasteiger partial charge on any atom is -0.495 e. The van der Waals surface area contributed by atoms with Gasteiger partial charge in [0.05, 0.1) is 19.8 Å². The second-order valence-electron chi connectivity index (χ2n) is 5.65. The van der Waals surface area contributed by atoms with Crippen molar-refractivity contribution in [3.8, 4) is 11.5 Å². The zero-order valence-corrected chi connectivity index (χ0v) is 14.2. The molecule has 1 N–H and O–H groups in total. The van der Waals surface area contributed by atoms with Gasteiger partial charge in [0.25, 0.3) is 0 Å². The topological polar surface area (TPSA) is 64.6 Å². The minimum absolute atomic E-state index is 0.0643. The normalized spacial score (nSPS) is 17.0. The van der Waals surface area contributed by atoms with Crippen molar-refractivity contribution in [2.45, 2.75) is 24.3 Å². The summed E-state index contributed by atoms with van der Waals surface area (Å²) in [6.07, 6.45) is 0.420. The molecule has 1 atom stereocenters. The van der Waals surface area contributed by atoms with E-state index in [-0.39, 0.29) is 10.6 Å². The van der Waals surface area contributed by atoms with Crippen molar-refractivity contribution in [1.82, 2.24) is 4.72 Å². The molecule has 1 heterocycles. The smallest absolute Gasteiger partial charge is 0.244 e. The van der Waals surface area contributed by atoms with Gasteiger partial charge >= 0.3 is 0 Å². The number of hydrogen-bond donors (Lipinski definition) is 1. The molecule has 0 aromatic heterocycles. The summed E-state index contributed by atoms with van der Waals surface area (Å²) >= 11 is 0. The average Bonchev–Trinajstić information content (AvgIpc) is 2.55. The molecule has 0 saturated carbocycles. The molecule has 3 rings (SSSR count). The Bertz CT molecular complexity index is 867. The molecule has 0 radical (unpaired) electrons. The van der Waals surface area contributed by atoms with Gasteiger partial charge in [0.2, 0.25) is 10.0 Å². The van der Waals surface area contributed by atoms with E-state index in [9.17, 15) is 12.8 Å². The van der Waals surface area contributed by atoms with Gasteiger partial charge in [-0.3, -0.25) is 0 Å². The van der Waals surface area contributed by atoms with Gasteiger partial charge < -0.3 is 9.47 Å². The number of fused-ring (bicyclic) bond motifs is 1. The fourth-order valence-electron chi connectivity index (χ4n) is 2.73. The van der Waals surface area contributed by atoms with E-state index in [0.29, 0.717) is 24.3 Å². The number of aryl methyl sites for hydroxylation is 1. The van der Waals surface area contributed by atoms with E-state index in [1.165, 1.54) is 25.3 Å². The van der Waals surface area contributed by atoms with Gasteiger partial charge in [-0.25, -0.2) is 17.5 Å². The van der Waals surface area contributed by atoms with Gasteiger partial charge in [-0.1, -0.05) is 6.07 Å². The van der Waals surface area contributed by atoms with Crippen molar-refractivity contribution in [2.24, 2.45) is 0 Å². The maximum atomic E-state index is 13.5. The van der Waals surface area contributed by atoms with E-state index in [2.05, 4.69) is 4.72 Å². The van der Waals surface area contributed by atoms with Gasteiger partial charge in [-0.2, -0.15) is 0 Å². The predicted molar refractivity (Wildman–Crippen MR) is 87.3 cm³/mol. The van der Waals surface area contributed by atoms with Crippen LogP contribution >= 0.6 is 0 Å². The van der Waals surface area contributed by atoms with Crippen LogP contribution in [0.3, 0.4) is 0 Å². The molecule has 24 heavy (non-hydrogen) atoms. The van der Waals surface area contributed by atoms with Crippen molar-refractivity contribution < 1.29 is 22.3 Å². The maximum absolute atomic E-state index is 13.5. The predicted octanol–water partition coefficient (Wildman–Crippen LogP) is 2.94. The van der Waals surface area contributed by atoms with Gasteiger partial charge in [0.15, 0.2) is 0 Å². The number of sulfonamides is 1. The number of ether oxygens (including phenoxy) is 2. The largest absolute Gasteiger partial charge is 0.495 e. The Hall–Kier alpha value is -2.12. The lowest BCUT2D eigenvalue weighted by molar-refractivity contribution is 0.262. The zero-order valence-electron chi connectivity index (χ0n) is 13.4. The molecule has 0 amide bonds. The lowest BCUT2D eigenvalue weighted by Gasteiger charge is -2.26. The number of halogens is 1. The van der Waals surface area contributed by atoms with Gasteiger partial charge in [0, 0.05) is 12.0 Å². The molecule has 1 aliphatic heterocycles. The van der Waals surface area contributed by atoms with Crippen LogP contribution in [0.5, 0.6) is 11.5 Å². The fourth-order valence-corrected chi connectivity index (χ4v) is 4.24. The first-order valence-electron chi connectivity index (χ1n) is 7.50. The van der Waals surface area contributed by atoms with Crippen molar-refractivity contribution in [3.63, 3.8) is 0 Å². The van der Waals surface area contributed by atoms with Crippen molar-refractivity contribution in [3.05, 3.63) is 53.3 Å². The number of hydrogen-bond acceptors (Lipinski definition) is 4. The summed E-state index contributed by atoms with van der Waals surface area (Å²) in [5.74, 6) is 0.322. The van der Waals surface area contributed by atoms with Crippen LogP contribution in [0.4, 0.5) is 4.39 Å². The zero-order chi connectivity index (χ0) is 17.3. The quantitative estimate of drug-likeness (QED) is 0.920. The summed E-state index contributed by atoms with van der Waals surface area (Å²) in [5, 5.41) is 0. The van der Waals surface area contributed by atoms with Crippen LogP contribution in [0.2, 0.25) is 0 Å². The second kappa shape index (κ2) is 6.41. The Morgan fingerprint density at radius 1 is 1.25 bits per heavy atom. The third-order valence-corrected chi connectivity index (χ3v) is 5.41. The molecule has 5 nitrogen and oxygen atoms in total. The van der Waals surface area contributed by atoms with E-state index in [4.69, 9.17) is 9.47 Å². The minimum atomic E-state index is -3.83. The highest BCUT2D eigenvalue weighted by molar-refractivity contribution is 7.89. The number of rotatable bonds is 4. The van der Waals surface area contributed by atoms with Gasteiger partial charge in [-0.05, 0) is 42.8 Å². The Morgan fingerprint density at radius 3 is 2.79 bits per heavy atom. The summed E-state index contributed by atoms with van der Waals surface area (Å²) in [6, 6.07) is 8.48. The van der Waals surface area contributed by atoms with Crippen molar-refractivity contribution in [2.75, 3.05) is 13.7 Å². The van der Waals surface area contributed by atoms with Crippen LogP contribution in [0, 0.1) is 12.7 Å². The first kappa shape index (κ1) is 16.7. The summed E-state index contributed by atoms with van der Waals surface area (Å²) in [5.41, 5.74) is 1.30. The Balaban J connectivity index is 1.97. The average molecular weight is 351 g/mol. The maximum Gasteiger partial charge on any atom is 0.244 e. The Morgan fingerprint density at radius 2 is 2.04 bits per heavy atom. The van der Waals surface area contributed by atoms with Crippen molar-refractivity contribution >= 4 is 10.0 Å². The standard InChI is InChI=1S/C17H18FNO4S/c1-11-3-5-16(22-2)17(9-11)24(20,21)19-14-7-8-23-15-6-4-12(18)10-13(14)15/h3-6,9-10,14,19H,7-8H2,1-2H3. The molecule has 0 bridgehead atoms. The third-order valence-electron chi connectivity index (χ3n) is 3.92. The fraction of sp³-hybridized carbons (Fsp3) is 0.294. The van der Waals surface area contributed by atoms with E-state index in [0.717, 1.165) is 5.56 Å². The summed E-state index contributed by atoms with van der Waals surface area (Å²) in [7, 11) is -2.41. The SMILES string of the molecule is COc1ccc(C)cc1S(=O)(=O)NC1CCOc2ccc(F)cc21.